The van der Waals surface area contributed by atoms with Gasteiger partial charge in [-0.05, 0) is 50.1 Å². The topological polar surface area (TPSA) is 72.0 Å². The molecular weight excluding hydrogens is 238 g/mol. The van der Waals surface area contributed by atoms with Gasteiger partial charge in [-0.25, -0.2) is 4.98 Å². The summed E-state index contributed by atoms with van der Waals surface area (Å²) in [5, 5.41) is 7.57. The number of nitrogens with two attached hydrogens (primary N) is 1. The SMILES string of the molecule is Cc1ccc(C(=N)N)c(Oc2cccc(C)c2C)n1. The smallest absolute Gasteiger partial charge is 0.230 e. The lowest BCUT2D eigenvalue weighted by Gasteiger charge is -2.12. The minimum Gasteiger partial charge on any atom is -0.438 e. The maximum atomic E-state index is 7.57. The first-order valence-corrected chi connectivity index (χ1v) is 6.05. The molecule has 1 heterocycles. The number of aromatic nitrogens is 1. The summed E-state index contributed by atoms with van der Waals surface area (Å²) in [6.45, 7) is 5.89. The van der Waals surface area contributed by atoms with E-state index in [1.807, 2.05) is 45.0 Å². The van der Waals surface area contributed by atoms with E-state index in [2.05, 4.69) is 4.98 Å². The van der Waals surface area contributed by atoms with Crippen molar-refractivity contribution in [1.82, 2.24) is 4.98 Å². The second-order valence-electron chi connectivity index (χ2n) is 4.52. The third kappa shape index (κ3) is 2.73. The van der Waals surface area contributed by atoms with Crippen molar-refractivity contribution in [3.8, 4) is 11.6 Å². The predicted octanol–water partition coefficient (Wildman–Crippen LogP) is 3.08. The van der Waals surface area contributed by atoms with Gasteiger partial charge in [-0.1, -0.05) is 12.1 Å². The summed E-state index contributed by atoms with van der Waals surface area (Å²) in [7, 11) is 0. The van der Waals surface area contributed by atoms with Gasteiger partial charge in [0.25, 0.3) is 0 Å². The average Bonchev–Trinajstić information content (AvgIpc) is 2.35. The van der Waals surface area contributed by atoms with E-state index in [4.69, 9.17) is 15.9 Å². The molecule has 4 heteroatoms. The van der Waals surface area contributed by atoms with Crippen molar-refractivity contribution in [2.45, 2.75) is 20.8 Å². The quantitative estimate of drug-likeness (QED) is 0.654. The molecule has 0 atom stereocenters. The minimum atomic E-state index is -0.0483. The summed E-state index contributed by atoms with van der Waals surface area (Å²) in [4.78, 5) is 4.32. The highest BCUT2D eigenvalue weighted by atomic mass is 16.5. The Morgan fingerprint density at radius 3 is 2.58 bits per heavy atom. The molecule has 0 unspecified atom stereocenters. The van der Waals surface area contributed by atoms with Crippen molar-refractivity contribution >= 4 is 5.84 Å². The van der Waals surface area contributed by atoms with E-state index in [1.54, 1.807) is 6.07 Å². The molecule has 3 N–H and O–H groups in total. The fourth-order valence-corrected chi connectivity index (χ4v) is 1.75. The van der Waals surface area contributed by atoms with Crippen LogP contribution in [0.5, 0.6) is 11.6 Å². The molecule has 2 aromatic rings. The third-order valence-electron chi connectivity index (χ3n) is 3.05. The minimum absolute atomic E-state index is 0.0483. The molecule has 0 spiro atoms. The van der Waals surface area contributed by atoms with Crippen LogP contribution in [0, 0.1) is 26.2 Å². The summed E-state index contributed by atoms with van der Waals surface area (Å²) in [5.74, 6) is 1.06. The number of nitrogens with one attached hydrogen (secondary N) is 1. The molecule has 0 saturated heterocycles. The van der Waals surface area contributed by atoms with Crippen LogP contribution in [0.4, 0.5) is 0 Å². The summed E-state index contributed by atoms with van der Waals surface area (Å²) in [6.07, 6.45) is 0. The molecule has 0 aliphatic rings. The number of rotatable bonds is 3. The zero-order valence-corrected chi connectivity index (χ0v) is 11.3. The zero-order chi connectivity index (χ0) is 14.0. The molecular formula is C15H17N3O. The Morgan fingerprint density at radius 2 is 1.89 bits per heavy atom. The Bertz CT molecular complexity index is 635. The lowest BCUT2D eigenvalue weighted by Crippen LogP contribution is -2.13. The van der Waals surface area contributed by atoms with Gasteiger partial charge in [0.05, 0.1) is 5.56 Å². The van der Waals surface area contributed by atoms with Gasteiger partial charge in [-0.15, -0.1) is 0 Å². The van der Waals surface area contributed by atoms with E-state index < -0.39 is 0 Å². The van der Waals surface area contributed by atoms with Gasteiger partial charge in [-0.2, -0.15) is 0 Å². The van der Waals surface area contributed by atoms with Crippen molar-refractivity contribution in [1.29, 1.82) is 5.41 Å². The van der Waals surface area contributed by atoms with Crippen LogP contribution >= 0.6 is 0 Å². The number of aryl methyl sites for hydroxylation is 2. The number of benzene rings is 1. The summed E-state index contributed by atoms with van der Waals surface area (Å²) in [5.41, 5.74) is 9.08. The highest BCUT2D eigenvalue weighted by Crippen LogP contribution is 2.27. The number of hydrogen-bond donors (Lipinski definition) is 2. The largest absolute Gasteiger partial charge is 0.438 e. The number of nitrogens with zero attached hydrogens (tertiary/aromatic N) is 1. The van der Waals surface area contributed by atoms with E-state index in [9.17, 15) is 0 Å². The van der Waals surface area contributed by atoms with E-state index in [0.29, 0.717) is 11.4 Å². The van der Waals surface area contributed by atoms with Crippen molar-refractivity contribution in [3.05, 3.63) is 52.7 Å². The van der Waals surface area contributed by atoms with Crippen LogP contribution in [-0.2, 0) is 0 Å². The number of nitrogen functional groups attached to an aromatic ring is 1. The Balaban J connectivity index is 2.45. The summed E-state index contributed by atoms with van der Waals surface area (Å²) in [6, 6.07) is 9.41. The van der Waals surface area contributed by atoms with Crippen LogP contribution in [-0.4, -0.2) is 10.8 Å². The molecule has 1 aromatic heterocycles. The normalized spacial score (nSPS) is 10.3. The van der Waals surface area contributed by atoms with Crippen molar-refractivity contribution < 1.29 is 4.74 Å². The summed E-state index contributed by atoms with van der Waals surface area (Å²) < 4.78 is 5.83. The molecule has 0 bridgehead atoms. The third-order valence-corrected chi connectivity index (χ3v) is 3.05. The van der Waals surface area contributed by atoms with Gasteiger partial charge < -0.3 is 10.5 Å². The first kappa shape index (κ1) is 13.1. The molecule has 98 valence electrons. The van der Waals surface area contributed by atoms with Crippen molar-refractivity contribution in [3.63, 3.8) is 0 Å². The molecule has 0 aliphatic heterocycles. The molecule has 0 aliphatic carbocycles. The lowest BCUT2D eigenvalue weighted by molar-refractivity contribution is 0.456. The van der Waals surface area contributed by atoms with Crippen LogP contribution in [0.15, 0.2) is 30.3 Å². The number of hydrogen-bond acceptors (Lipinski definition) is 3. The van der Waals surface area contributed by atoms with E-state index >= 15 is 0 Å². The van der Waals surface area contributed by atoms with Gasteiger partial charge in [0, 0.05) is 5.69 Å². The predicted molar refractivity (Wildman–Crippen MR) is 76.0 cm³/mol. The number of ether oxygens (including phenoxy) is 1. The molecule has 1 aromatic carbocycles. The number of amidine groups is 1. The fraction of sp³-hybridized carbons (Fsp3) is 0.200. The van der Waals surface area contributed by atoms with Gasteiger partial charge in [-0.3, -0.25) is 5.41 Å². The van der Waals surface area contributed by atoms with E-state index in [1.165, 1.54) is 0 Å². The van der Waals surface area contributed by atoms with Crippen LogP contribution in [0.25, 0.3) is 0 Å². The van der Waals surface area contributed by atoms with Crippen molar-refractivity contribution in [2.75, 3.05) is 0 Å². The van der Waals surface area contributed by atoms with Gasteiger partial charge in [0.15, 0.2) is 0 Å². The monoisotopic (exact) mass is 255 g/mol. The molecule has 0 fully saturated rings. The van der Waals surface area contributed by atoms with Crippen LogP contribution < -0.4 is 10.5 Å². The van der Waals surface area contributed by atoms with Crippen molar-refractivity contribution in [2.24, 2.45) is 5.73 Å². The highest BCUT2D eigenvalue weighted by Gasteiger charge is 2.11. The molecule has 0 saturated carbocycles. The maximum absolute atomic E-state index is 7.57. The van der Waals surface area contributed by atoms with Crippen LogP contribution in [0.3, 0.4) is 0 Å². The van der Waals surface area contributed by atoms with Gasteiger partial charge in [0.1, 0.15) is 11.6 Å². The molecule has 0 amide bonds. The maximum Gasteiger partial charge on any atom is 0.230 e. The fourth-order valence-electron chi connectivity index (χ4n) is 1.75. The summed E-state index contributed by atoms with van der Waals surface area (Å²) >= 11 is 0. The lowest BCUT2D eigenvalue weighted by atomic mass is 10.1. The Morgan fingerprint density at radius 1 is 1.16 bits per heavy atom. The highest BCUT2D eigenvalue weighted by molar-refractivity contribution is 5.97. The molecule has 2 rings (SSSR count). The van der Waals surface area contributed by atoms with E-state index in [-0.39, 0.29) is 5.84 Å². The Labute approximate surface area is 112 Å². The second kappa shape index (κ2) is 5.10. The average molecular weight is 255 g/mol. The second-order valence-corrected chi connectivity index (χ2v) is 4.52. The van der Waals surface area contributed by atoms with Gasteiger partial charge >= 0.3 is 0 Å². The van der Waals surface area contributed by atoms with E-state index in [0.717, 1.165) is 22.6 Å². The van der Waals surface area contributed by atoms with Crippen LogP contribution in [0.1, 0.15) is 22.4 Å². The molecule has 19 heavy (non-hydrogen) atoms. The standard InChI is InChI=1S/C15H17N3O/c1-9-5-4-6-13(11(9)3)19-15-12(14(16)17)8-7-10(2)18-15/h4-8H,1-3H3,(H3,16,17). The first-order valence-electron chi connectivity index (χ1n) is 6.05. The molecule has 0 radical (unpaired) electrons. The molecule has 4 nitrogen and oxygen atoms in total. The zero-order valence-electron chi connectivity index (χ0n) is 11.3. The van der Waals surface area contributed by atoms with Crippen LogP contribution in [0.2, 0.25) is 0 Å². The van der Waals surface area contributed by atoms with Gasteiger partial charge in [0.2, 0.25) is 5.88 Å². The number of pyridine rings is 1. The first-order chi connectivity index (χ1) is 8.99. The Hall–Kier alpha value is -2.36. The Kier molecular flexibility index (Phi) is 3.51.